The van der Waals surface area contributed by atoms with Crippen LogP contribution in [-0.2, 0) is 6.61 Å². The van der Waals surface area contributed by atoms with Gasteiger partial charge in [-0.05, 0) is 23.8 Å². The van der Waals surface area contributed by atoms with Gasteiger partial charge in [0, 0.05) is 6.20 Å². The average molecular weight is 316 g/mol. The summed E-state index contributed by atoms with van der Waals surface area (Å²) in [5.74, 6) is 0.0454. The number of aromatic nitrogens is 1. The number of hydrogen-bond donors (Lipinski definition) is 0. The maximum atomic E-state index is 12.6. The van der Waals surface area contributed by atoms with Crippen LogP contribution in [0.4, 0.5) is 12.9 Å². The zero-order chi connectivity index (χ0) is 14.6. The fourth-order valence-corrected chi connectivity index (χ4v) is 1.59. The molecule has 2 rings (SSSR count). The summed E-state index contributed by atoms with van der Waals surface area (Å²) < 4.78 is 42.9. The summed E-state index contributed by atoms with van der Waals surface area (Å²) in [5.41, 5.74) is 0.372. The Kier molecular flexibility index (Phi) is 6.90. The van der Waals surface area contributed by atoms with Crippen LogP contribution in [0.1, 0.15) is 11.1 Å². The van der Waals surface area contributed by atoms with Crippen molar-refractivity contribution in [1.29, 1.82) is 5.26 Å². The van der Waals surface area contributed by atoms with Crippen molar-refractivity contribution >= 4 is 12.4 Å². The third-order valence-corrected chi connectivity index (χ3v) is 2.57. The molecule has 102 valence electrons. The molecule has 21 heavy (non-hydrogen) atoms. The summed E-state index contributed by atoms with van der Waals surface area (Å²) in [7, 11) is 0. The van der Waals surface area contributed by atoms with E-state index < -0.39 is 12.4 Å². The van der Waals surface area contributed by atoms with Crippen LogP contribution in [0.5, 0.6) is 5.75 Å². The standard InChI is InChI=1S/C13H9BF3N2O.K/c15-14(16,17)12-5-13(8-19-7-12)20-9-11-3-1-2-10(4-11)6-18;/h1-5,7-8H,9H2;/q-1;+1. The Morgan fingerprint density at radius 3 is 2.62 bits per heavy atom. The second-order valence-corrected chi connectivity index (χ2v) is 4.13. The molecule has 0 N–H and O–H groups in total. The first-order valence-corrected chi connectivity index (χ1v) is 5.76. The summed E-state index contributed by atoms with van der Waals surface area (Å²) >= 11 is 0. The fraction of sp³-hybridized carbons (Fsp3) is 0.0769. The molecule has 0 radical (unpaired) electrons. The van der Waals surface area contributed by atoms with E-state index in [4.69, 9.17) is 10.00 Å². The van der Waals surface area contributed by atoms with E-state index in [1.54, 1.807) is 24.3 Å². The number of nitriles is 1. The van der Waals surface area contributed by atoms with Crippen LogP contribution in [0, 0.1) is 11.3 Å². The molecule has 1 heterocycles. The summed E-state index contributed by atoms with van der Waals surface area (Å²) in [6.07, 6.45) is 1.99. The van der Waals surface area contributed by atoms with Gasteiger partial charge in [-0.1, -0.05) is 17.6 Å². The first kappa shape index (κ1) is 18.2. The van der Waals surface area contributed by atoms with E-state index in [2.05, 4.69) is 4.98 Å². The number of benzene rings is 1. The minimum absolute atomic E-state index is 0. The van der Waals surface area contributed by atoms with E-state index in [0.717, 1.165) is 12.3 Å². The van der Waals surface area contributed by atoms with E-state index >= 15 is 0 Å². The first-order valence-electron chi connectivity index (χ1n) is 5.76. The molecular weight excluding hydrogens is 307 g/mol. The number of hydrogen-bond acceptors (Lipinski definition) is 3. The Bertz CT molecular complexity index is 658. The molecule has 0 atom stereocenters. The number of halogens is 3. The van der Waals surface area contributed by atoms with Gasteiger partial charge in [0.25, 0.3) is 0 Å². The van der Waals surface area contributed by atoms with E-state index in [-0.39, 0.29) is 63.7 Å². The quantitative estimate of drug-likeness (QED) is 0.721. The molecule has 2 aromatic rings. The van der Waals surface area contributed by atoms with Crippen LogP contribution in [0.2, 0.25) is 0 Å². The van der Waals surface area contributed by atoms with Crippen molar-refractivity contribution in [3.8, 4) is 11.8 Å². The van der Waals surface area contributed by atoms with Crippen molar-refractivity contribution in [2.75, 3.05) is 0 Å². The van der Waals surface area contributed by atoms with Gasteiger partial charge in [-0.2, -0.15) is 5.26 Å². The molecule has 0 aliphatic carbocycles. The third kappa shape index (κ3) is 5.45. The van der Waals surface area contributed by atoms with Gasteiger partial charge in [0.15, 0.2) is 0 Å². The normalized spacial score (nSPS) is 10.4. The maximum absolute atomic E-state index is 12.6. The van der Waals surface area contributed by atoms with E-state index in [0.29, 0.717) is 11.1 Å². The number of rotatable bonds is 4. The van der Waals surface area contributed by atoms with Crippen molar-refractivity contribution < 1.29 is 69.1 Å². The Labute approximate surface area is 162 Å². The Hall–Kier alpha value is -0.849. The zero-order valence-electron chi connectivity index (χ0n) is 11.3. The molecule has 0 spiro atoms. The minimum Gasteiger partial charge on any atom is -0.487 e. The summed E-state index contributed by atoms with van der Waals surface area (Å²) in [4.78, 5) is 3.52. The Morgan fingerprint density at radius 1 is 1.19 bits per heavy atom. The van der Waals surface area contributed by atoms with E-state index in [1.807, 2.05) is 6.07 Å². The topological polar surface area (TPSA) is 45.9 Å². The zero-order valence-corrected chi connectivity index (χ0v) is 14.4. The summed E-state index contributed by atoms with van der Waals surface area (Å²) in [6.45, 7) is -5.02. The van der Waals surface area contributed by atoms with Gasteiger partial charge >= 0.3 is 58.4 Å². The van der Waals surface area contributed by atoms with E-state index in [9.17, 15) is 12.9 Å². The largest absolute Gasteiger partial charge is 1.00 e. The Morgan fingerprint density at radius 2 is 1.95 bits per heavy atom. The maximum Gasteiger partial charge on any atom is 1.00 e. The van der Waals surface area contributed by atoms with Crippen molar-refractivity contribution in [1.82, 2.24) is 4.98 Å². The molecule has 0 aliphatic heterocycles. The molecule has 3 nitrogen and oxygen atoms in total. The number of ether oxygens (including phenoxy) is 1. The molecule has 0 unspecified atom stereocenters. The van der Waals surface area contributed by atoms with Crippen molar-refractivity contribution in [2.24, 2.45) is 0 Å². The minimum atomic E-state index is -5.09. The van der Waals surface area contributed by atoms with Crippen LogP contribution in [0.15, 0.2) is 42.7 Å². The smallest absolute Gasteiger partial charge is 0.487 e. The van der Waals surface area contributed by atoms with Crippen molar-refractivity contribution in [2.45, 2.75) is 6.61 Å². The predicted molar refractivity (Wildman–Crippen MR) is 68.4 cm³/mol. The molecular formula is C13H9BF3KN2O. The molecule has 0 amide bonds. The molecule has 0 fully saturated rings. The van der Waals surface area contributed by atoms with Gasteiger partial charge in [0.05, 0.1) is 17.8 Å². The second-order valence-electron chi connectivity index (χ2n) is 4.13. The van der Waals surface area contributed by atoms with Crippen LogP contribution in [-0.4, -0.2) is 12.0 Å². The summed E-state index contributed by atoms with van der Waals surface area (Å²) in [5, 5.41) is 8.75. The predicted octanol–water partition coefficient (Wildman–Crippen LogP) is -0.409. The summed E-state index contributed by atoms with van der Waals surface area (Å²) in [6, 6.07) is 9.56. The van der Waals surface area contributed by atoms with Crippen molar-refractivity contribution in [3.63, 3.8) is 0 Å². The SMILES string of the molecule is N#Cc1cccc(COc2cncc([B-](F)(F)F)c2)c1.[K+]. The third-order valence-electron chi connectivity index (χ3n) is 2.57. The van der Waals surface area contributed by atoms with Gasteiger partial charge in [-0.25, -0.2) is 0 Å². The van der Waals surface area contributed by atoms with Gasteiger partial charge < -0.3 is 17.7 Å². The number of pyridine rings is 1. The van der Waals surface area contributed by atoms with Gasteiger partial charge in [0.2, 0.25) is 0 Å². The molecule has 0 aliphatic rings. The monoisotopic (exact) mass is 316 g/mol. The average Bonchev–Trinajstić information content (AvgIpc) is 2.45. The first-order chi connectivity index (χ1) is 9.49. The van der Waals surface area contributed by atoms with Crippen LogP contribution >= 0.6 is 0 Å². The van der Waals surface area contributed by atoms with Crippen molar-refractivity contribution in [3.05, 3.63) is 53.9 Å². The van der Waals surface area contributed by atoms with Crippen LogP contribution in [0.25, 0.3) is 0 Å². The molecule has 0 saturated heterocycles. The van der Waals surface area contributed by atoms with Gasteiger partial charge in [0.1, 0.15) is 12.4 Å². The molecule has 1 aromatic heterocycles. The molecule has 0 saturated carbocycles. The van der Waals surface area contributed by atoms with Gasteiger partial charge in [-0.3, -0.25) is 4.98 Å². The van der Waals surface area contributed by atoms with Crippen LogP contribution < -0.4 is 61.6 Å². The number of nitrogens with zero attached hydrogens (tertiary/aromatic N) is 2. The molecule has 8 heteroatoms. The van der Waals surface area contributed by atoms with E-state index in [1.165, 1.54) is 6.20 Å². The fourth-order valence-electron chi connectivity index (χ4n) is 1.59. The van der Waals surface area contributed by atoms with Gasteiger partial charge in [-0.15, -0.1) is 0 Å². The Balaban J connectivity index is 0.00000220. The molecule has 1 aromatic carbocycles. The molecule has 0 bridgehead atoms. The van der Waals surface area contributed by atoms with Crippen LogP contribution in [0.3, 0.4) is 0 Å². The second kappa shape index (κ2) is 7.96.